The zero-order valence-corrected chi connectivity index (χ0v) is 9.12. The summed E-state index contributed by atoms with van der Waals surface area (Å²) in [5.74, 6) is 0. The van der Waals surface area contributed by atoms with Crippen molar-refractivity contribution in [3.63, 3.8) is 0 Å². The van der Waals surface area contributed by atoms with Crippen molar-refractivity contribution >= 4 is 27.3 Å². The van der Waals surface area contributed by atoms with E-state index in [1.54, 1.807) is 0 Å². The molecule has 1 rings (SSSR count). The van der Waals surface area contributed by atoms with Crippen molar-refractivity contribution in [2.75, 3.05) is 0 Å². The highest BCUT2D eigenvalue weighted by molar-refractivity contribution is 9.09. The van der Waals surface area contributed by atoms with E-state index in [1.807, 2.05) is 11.3 Å². The molecular weight excluding hydrogens is 220 g/mol. The highest BCUT2D eigenvalue weighted by atomic mass is 79.9. The van der Waals surface area contributed by atoms with E-state index in [-0.39, 0.29) is 0 Å². The van der Waals surface area contributed by atoms with Crippen LogP contribution in [0, 0.1) is 0 Å². The molecule has 0 fully saturated rings. The van der Waals surface area contributed by atoms with Gasteiger partial charge in [0.05, 0.1) is 0 Å². The van der Waals surface area contributed by atoms with Crippen LogP contribution in [0.1, 0.15) is 24.6 Å². The van der Waals surface area contributed by atoms with Crippen LogP contribution in [0.4, 0.5) is 0 Å². The summed E-state index contributed by atoms with van der Waals surface area (Å²) in [5.41, 5.74) is 0. The minimum Gasteiger partial charge on any atom is -0.149 e. The van der Waals surface area contributed by atoms with Crippen LogP contribution >= 0.6 is 27.3 Å². The second-order valence-electron chi connectivity index (χ2n) is 2.67. The Kier molecular flexibility index (Phi) is 4.16. The van der Waals surface area contributed by atoms with Crippen LogP contribution in [0.25, 0.3) is 0 Å². The molecule has 62 valence electrons. The lowest BCUT2D eigenvalue weighted by Gasteiger charge is -2.04. The van der Waals surface area contributed by atoms with Crippen molar-refractivity contribution in [2.45, 2.75) is 31.0 Å². The molecule has 1 unspecified atom stereocenters. The summed E-state index contributed by atoms with van der Waals surface area (Å²) >= 11 is 5.51. The Hall–Kier alpha value is 0.180. The lowest BCUT2D eigenvalue weighted by Crippen LogP contribution is -1.99. The van der Waals surface area contributed by atoms with E-state index in [9.17, 15) is 0 Å². The summed E-state index contributed by atoms with van der Waals surface area (Å²) in [7, 11) is 0. The first-order valence-corrected chi connectivity index (χ1v) is 5.79. The first-order valence-electron chi connectivity index (χ1n) is 3.99. The molecule has 1 aromatic heterocycles. The average Bonchev–Trinajstić information content (AvgIpc) is 2.40. The number of thiophene rings is 1. The Morgan fingerprint density at radius 1 is 1.64 bits per heavy atom. The quantitative estimate of drug-likeness (QED) is 0.693. The summed E-state index contributed by atoms with van der Waals surface area (Å²) in [6.45, 7) is 2.22. The van der Waals surface area contributed by atoms with Gasteiger partial charge in [-0.3, -0.25) is 0 Å². The van der Waals surface area contributed by atoms with Gasteiger partial charge in [0.25, 0.3) is 0 Å². The van der Waals surface area contributed by atoms with Crippen molar-refractivity contribution in [3.8, 4) is 0 Å². The van der Waals surface area contributed by atoms with Gasteiger partial charge in [0.15, 0.2) is 0 Å². The summed E-state index contributed by atoms with van der Waals surface area (Å²) in [4.78, 5) is 2.16. The van der Waals surface area contributed by atoms with Crippen LogP contribution in [0.15, 0.2) is 17.5 Å². The van der Waals surface area contributed by atoms with Gasteiger partial charge in [-0.1, -0.05) is 35.3 Å². The third-order valence-corrected chi connectivity index (χ3v) is 3.28. The van der Waals surface area contributed by atoms with Gasteiger partial charge < -0.3 is 0 Å². The van der Waals surface area contributed by atoms with Gasteiger partial charge in [0.1, 0.15) is 0 Å². The van der Waals surface area contributed by atoms with Crippen molar-refractivity contribution in [2.24, 2.45) is 0 Å². The first-order chi connectivity index (χ1) is 5.33. The summed E-state index contributed by atoms with van der Waals surface area (Å²) in [6, 6.07) is 4.32. The molecule has 1 atom stereocenters. The van der Waals surface area contributed by atoms with Gasteiger partial charge in [0.2, 0.25) is 0 Å². The number of hydrogen-bond acceptors (Lipinski definition) is 1. The Labute approximate surface area is 80.8 Å². The summed E-state index contributed by atoms with van der Waals surface area (Å²) in [5, 5.41) is 2.14. The van der Waals surface area contributed by atoms with Crippen LogP contribution in [0.2, 0.25) is 0 Å². The van der Waals surface area contributed by atoms with Gasteiger partial charge in [-0.25, -0.2) is 0 Å². The third kappa shape index (κ3) is 3.39. The maximum atomic E-state index is 3.67. The zero-order chi connectivity index (χ0) is 8.10. The Morgan fingerprint density at radius 3 is 3.00 bits per heavy atom. The van der Waals surface area contributed by atoms with E-state index in [2.05, 4.69) is 40.4 Å². The maximum absolute atomic E-state index is 3.67. The van der Waals surface area contributed by atoms with Crippen LogP contribution in [-0.4, -0.2) is 4.83 Å². The smallest absolute Gasteiger partial charge is 0.0193 e. The normalized spacial score (nSPS) is 13.3. The van der Waals surface area contributed by atoms with E-state index in [0.29, 0.717) is 4.83 Å². The molecule has 0 bridgehead atoms. The monoisotopic (exact) mass is 232 g/mol. The molecule has 0 aliphatic heterocycles. The van der Waals surface area contributed by atoms with Crippen LogP contribution in [0.5, 0.6) is 0 Å². The number of alkyl halides is 1. The molecule has 0 saturated carbocycles. The van der Waals surface area contributed by atoms with E-state index < -0.39 is 0 Å². The fourth-order valence-electron chi connectivity index (χ4n) is 1.06. The van der Waals surface area contributed by atoms with Gasteiger partial charge in [0, 0.05) is 9.70 Å². The lowest BCUT2D eigenvalue weighted by atomic mass is 10.2. The van der Waals surface area contributed by atoms with Crippen molar-refractivity contribution < 1.29 is 0 Å². The minimum absolute atomic E-state index is 0.672. The molecule has 11 heavy (non-hydrogen) atoms. The van der Waals surface area contributed by atoms with E-state index in [4.69, 9.17) is 0 Å². The van der Waals surface area contributed by atoms with E-state index in [1.165, 1.54) is 24.1 Å². The average molecular weight is 233 g/mol. The Bertz CT molecular complexity index is 181. The van der Waals surface area contributed by atoms with E-state index >= 15 is 0 Å². The van der Waals surface area contributed by atoms with Crippen molar-refractivity contribution in [3.05, 3.63) is 22.4 Å². The molecule has 0 N–H and O–H groups in total. The van der Waals surface area contributed by atoms with Gasteiger partial charge in [-0.2, -0.15) is 0 Å². The number of rotatable bonds is 4. The standard InChI is InChI=1S/C9H13BrS/c1-2-4-8(10)7-9-5-3-6-11-9/h3,5-6,8H,2,4,7H2,1H3. The predicted octanol–water partition coefficient (Wildman–Crippen LogP) is 3.85. The third-order valence-electron chi connectivity index (χ3n) is 1.60. The molecule has 2 heteroatoms. The van der Waals surface area contributed by atoms with Crippen LogP contribution in [-0.2, 0) is 6.42 Å². The van der Waals surface area contributed by atoms with Crippen LogP contribution < -0.4 is 0 Å². The summed E-state index contributed by atoms with van der Waals surface area (Å²) < 4.78 is 0. The molecule has 0 saturated heterocycles. The number of halogens is 1. The molecule has 0 radical (unpaired) electrons. The predicted molar refractivity (Wildman–Crippen MR) is 55.6 cm³/mol. The molecule has 1 heterocycles. The first kappa shape index (κ1) is 9.27. The Morgan fingerprint density at radius 2 is 2.45 bits per heavy atom. The maximum Gasteiger partial charge on any atom is 0.0193 e. The second-order valence-corrected chi connectivity index (χ2v) is 5.00. The molecule has 0 nitrogen and oxygen atoms in total. The van der Waals surface area contributed by atoms with E-state index in [0.717, 1.165) is 0 Å². The SMILES string of the molecule is CCCC(Br)Cc1cccs1. The molecule has 0 aromatic carbocycles. The number of hydrogen-bond donors (Lipinski definition) is 0. The van der Waals surface area contributed by atoms with Crippen molar-refractivity contribution in [1.29, 1.82) is 0 Å². The molecule has 0 aliphatic rings. The van der Waals surface area contributed by atoms with Gasteiger partial charge >= 0.3 is 0 Å². The highest BCUT2D eigenvalue weighted by Gasteiger charge is 2.03. The molecule has 1 aromatic rings. The minimum atomic E-state index is 0.672. The lowest BCUT2D eigenvalue weighted by molar-refractivity contribution is 0.750. The Balaban J connectivity index is 2.31. The van der Waals surface area contributed by atoms with Crippen molar-refractivity contribution in [1.82, 2.24) is 0 Å². The fraction of sp³-hybridized carbons (Fsp3) is 0.556. The second kappa shape index (κ2) is 4.94. The van der Waals surface area contributed by atoms with Crippen LogP contribution in [0.3, 0.4) is 0 Å². The zero-order valence-electron chi connectivity index (χ0n) is 6.72. The largest absolute Gasteiger partial charge is 0.149 e. The molecular formula is C9H13BrS. The molecule has 0 aliphatic carbocycles. The fourth-order valence-corrected chi connectivity index (χ4v) is 2.87. The van der Waals surface area contributed by atoms with Gasteiger partial charge in [-0.15, -0.1) is 11.3 Å². The summed E-state index contributed by atoms with van der Waals surface area (Å²) in [6.07, 6.45) is 3.73. The topological polar surface area (TPSA) is 0 Å². The van der Waals surface area contributed by atoms with Gasteiger partial charge in [-0.05, 0) is 24.3 Å². The highest BCUT2D eigenvalue weighted by Crippen LogP contribution is 2.18. The molecule has 0 spiro atoms. The molecule has 0 amide bonds.